The van der Waals surface area contributed by atoms with E-state index in [1.165, 1.54) is 18.2 Å². The van der Waals surface area contributed by atoms with Crippen molar-refractivity contribution in [3.05, 3.63) is 98.1 Å². The van der Waals surface area contributed by atoms with Crippen LogP contribution in [0.25, 0.3) is 0 Å². The van der Waals surface area contributed by atoms with Crippen molar-refractivity contribution in [2.75, 3.05) is 43.8 Å². The van der Waals surface area contributed by atoms with Gasteiger partial charge in [0.2, 0.25) is 47.3 Å². The van der Waals surface area contributed by atoms with Crippen molar-refractivity contribution in [1.82, 2.24) is 42.5 Å². The Balaban J connectivity index is 1.90. The summed E-state index contributed by atoms with van der Waals surface area (Å²) in [5.41, 5.74) is 23.4. The number of phenols is 1. The molecule has 29 nitrogen and oxygen atoms in total. The summed E-state index contributed by atoms with van der Waals surface area (Å²) in [7, 11) is 0. The minimum absolute atomic E-state index is 0.00206. The minimum Gasteiger partial charge on any atom is -0.508 e. The van der Waals surface area contributed by atoms with Crippen LogP contribution in [0.2, 0.25) is 0 Å². The van der Waals surface area contributed by atoms with Crippen LogP contribution in [0, 0.1) is 32.1 Å². The fraction of sp³-hybridized carbons (Fsp3) is 0.526. The Bertz CT molecular complexity index is 2790. The first-order valence-electron chi connectivity index (χ1n) is 28.7. The molecule has 29 heteroatoms. The minimum atomic E-state index is -1.48. The van der Waals surface area contributed by atoms with Crippen molar-refractivity contribution in [3.8, 4) is 5.75 Å². The molecule has 86 heavy (non-hydrogen) atoms. The Kier molecular flexibility index (Phi) is 31.0. The van der Waals surface area contributed by atoms with Gasteiger partial charge in [0.1, 0.15) is 41.6 Å². The number of aromatic hydroxyl groups is 1. The molecule has 0 saturated heterocycles. The summed E-state index contributed by atoms with van der Waals surface area (Å²) in [5.74, 6) is -7.44. The maximum Gasteiger partial charge on any atom is 0.299 e. The summed E-state index contributed by atoms with van der Waals surface area (Å²) >= 11 is 0. The Labute approximate surface area is 499 Å². The molecule has 3 rings (SSSR count). The van der Waals surface area contributed by atoms with E-state index >= 15 is 0 Å². The summed E-state index contributed by atoms with van der Waals surface area (Å²) in [6.45, 7) is 7.18. The van der Waals surface area contributed by atoms with Crippen LogP contribution >= 0.6 is 0 Å². The predicted molar refractivity (Wildman–Crippen MR) is 320 cm³/mol. The fourth-order valence-electron chi connectivity index (χ4n) is 8.77. The molecule has 0 aliphatic rings. The molecular weight excluding hydrogens is 1120 g/mol. The van der Waals surface area contributed by atoms with E-state index in [0.717, 1.165) is 12.1 Å². The number of amides is 9. The van der Waals surface area contributed by atoms with Gasteiger partial charge >= 0.3 is 0 Å². The van der Waals surface area contributed by atoms with Crippen molar-refractivity contribution < 1.29 is 58.1 Å². The zero-order valence-corrected chi connectivity index (χ0v) is 49.2. The fourth-order valence-corrected chi connectivity index (χ4v) is 8.77. The third kappa shape index (κ3) is 25.1. The van der Waals surface area contributed by atoms with Gasteiger partial charge in [0.15, 0.2) is 0 Å². The zero-order valence-electron chi connectivity index (χ0n) is 49.2. The van der Waals surface area contributed by atoms with E-state index in [2.05, 4.69) is 47.9 Å². The molecule has 0 aliphatic carbocycles. The normalized spacial score (nSPS) is 13.4. The number of nitrogens with one attached hydrogen (secondary N) is 9. The monoisotopic (exact) mass is 1200 g/mol. The molecule has 0 radical (unpaired) electrons. The first-order chi connectivity index (χ1) is 40.9. The van der Waals surface area contributed by atoms with Crippen LogP contribution in [0.3, 0.4) is 0 Å². The highest BCUT2D eigenvalue weighted by Gasteiger charge is 2.35. The maximum absolute atomic E-state index is 14.6. The Hall–Kier alpha value is -8.99. The first kappa shape index (κ1) is 71.3. The third-order valence-electron chi connectivity index (χ3n) is 14.0. The second-order valence-corrected chi connectivity index (χ2v) is 21.2. The number of nitro groups is 2. The molecule has 0 aliphatic heterocycles. The second-order valence-electron chi connectivity index (χ2n) is 21.2. The highest BCUT2D eigenvalue weighted by molar-refractivity contribution is 5.99. The van der Waals surface area contributed by atoms with Gasteiger partial charge in [-0.15, -0.1) is 0 Å². The average Bonchev–Trinajstić information content (AvgIpc) is 3.50. The number of nitrogens with two attached hydrogens (primary N) is 4. The number of primary amides is 1. The van der Waals surface area contributed by atoms with Gasteiger partial charge in [-0.2, -0.15) is 0 Å². The third-order valence-corrected chi connectivity index (χ3v) is 14.0. The second kappa shape index (κ2) is 37.3. The zero-order chi connectivity index (χ0) is 63.9. The molecule has 3 aromatic rings. The van der Waals surface area contributed by atoms with Gasteiger partial charge in [-0.05, 0) is 125 Å². The number of nitrogen functional groups attached to an aromatic ring is 1. The molecule has 7 atom stereocenters. The molecule has 9 amide bonds. The summed E-state index contributed by atoms with van der Waals surface area (Å²) in [6.07, 6.45) is 2.50. The molecule has 0 saturated carbocycles. The summed E-state index contributed by atoms with van der Waals surface area (Å²) in [6, 6.07) is 7.76. The van der Waals surface area contributed by atoms with Crippen molar-refractivity contribution in [3.63, 3.8) is 0 Å². The van der Waals surface area contributed by atoms with Crippen molar-refractivity contribution in [2.24, 2.45) is 29.0 Å². The van der Waals surface area contributed by atoms with Gasteiger partial charge in [0.25, 0.3) is 17.3 Å². The standard InChI is InChI=1S/C57H85N15O14/c1-5-35(4)50(56(81)65-33-47(61)74)70-57(82)49(34(2)3)69-55(80)44(17-9-11-27-58)68-53(78)43(18-10-14-28-62-42-24-21-37(71(83)84)32-46(42)72(85)86)67-54(79)45(66-52(77)41(60)31-36-19-22-38(73)23-20-36)25-26-48(75)63-29-12-6-13-30-64-51(76)39-15-7-8-16-40(39)59/h7-8,15-16,19-24,32,34-35,41,43-45,49-50,62,73H,5-6,9-14,17-18,25-31,33,58-60H2,1-4H3,(H2,61,74)(H,63,75)(H,64,76)(H,65,81)(H,66,77)(H,67,79)(H,68,78)(H,69,80)(H,70,82)/t35?,41-,43-,44-,45-,49-,50-/m0/s1. The molecule has 1 unspecified atom stereocenters. The molecular formula is C57H85N15O14. The molecule has 0 spiro atoms. The smallest absolute Gasteiger partial charge is 0.299 e. The molecule has 0 fully saturated rings. The average molecular weight is 1200 g/mol. The van der Waals surface area contributed by atoms with E-state index in [9.17, 15) is 68.5 Å². The number of carbonyl (C=O) groups excluding carboxylic acids is 9. The molecule has 3 aromatic carbocycles. The lowest BCUT2D eigenvalue weighted by atomic mass is 9.96. The summed E-state index contributed by atoms with van der Waals surface area (Å²) in [4.78, 5) is 143. The molecule has 0 bridgehead atoms. The number of anilines is 2. The molecule has 18 N–H and O–H groups in total. The lowest BCUT2D eigenvalue weighted by Crippen LogP contribution is -2.61. The van der Waals surface area contributed by atoms with E-state index in [1.807, 2.05) is 0 Å². The Morgan fingerprint density at radius 2 is 1.19 bits per heavy atom. The number of hydrogen-bond donors (Lipinski definition) is 14. The number of unbranched alkanes of at least 4 members (excludes halogenated alkanes) is 4. The largest absolute Gasteiger partial charge is 0.508 e. The molecule has 0 aromatic heterocycles. The van der Waals surface area contributed by atoms with E-state index in [0.29, 0.717) is 61.9 Å². The van der Waals surface area contributed by atoms with Gasteiger partial charge in [0, 0.05) is 37.8 Å². The Morgan fingerprint density at radius 1 is 0.616 bits per heavy atom. The van der Waals surface area contributed by atoms with Crippen LogP contribution in [0.5, 0.6) is 5.75 Å². The quantitative estimate of drug-likeness (QED) is 0.0165. The van der Waals surface area contributed by atoms with Crippen LogP contribution in [0.4, 0.5) is 22.7 Å². The summed E-state index contributed by atoms with van der Waals surface area (Å²) < 4.78 is 0. The predicted octanol–water partition coefficient (Wildman–Crippen LogP) is 1.30. The number of nitrogens with zero attached hydrogens (tertiary/aromatic N) is 2. The van der Waals surface area contributed by atoms with Crippen molar-refractivity contribution in [2.45, 2.75) is 147 Å². The van der Waals surface area contributed by atoms with Crippen molar-refractivity contribution >= 4 is 75.9 Å². The first-order valence-corrected chi connectivity index (χ1v) is 28.7. The van der Waals surface area contributed by atoms with Gasteiger partial charge in [-0.1, -0.05) is 58.4 Å². The SMILES string of the molecule is CCC(C)[C@H](NC(=O)[C@@H](NC(=O)[C@H](CCCCN)NC(=O)[C@H](CCCCNc1ccc([N+](=O)[O-])cc1[N+](=O)[O-])NC(=O)[C@H](CCC(=O)NCCCCCNC(=O)c1ccccc1N)NC(=O)[C@@H](N)Cc1ccc(O)cc1)C(C)C)C(=O)NCC(N)=O. The number of para-hydroxylation sites is 1. The summed E-state index contributed by atoms with van der Waals surface area (Å²) in [5, 5.41) is 57.2. The van der Waals surface area contributed by atoms with Gasteiger partial charge < -0.3 is 75.9 Å². The molecule has 0 heterocycles. The lowest BCUT2D eigenvalue weighted by Gasteiger charge is -2.30. The number of rotatable bonds is 40. The number of benzene rings is 3. The van der Waals surface area contributed by atoms with Gasteiger partial charge in [-0.25, -0.2) is 0 Å². The van der Waals surface area contributed by atoms with E-state index in [4.69, 9.17) is 22.9 Å². The lowest BCUT2D eigenvalue weighted by molar-refractivity contribution is -0.393. The van der Waals surface area contributed by atoms with Crippen LogP contribution in [0.1, 0.15) is 121 Å². The van der Waals surface area contributed by atoms with Crippen LogP contribution in [0.15, 0.2) is 66.7 Å². The van der Waals surface area contributed by atoms with Crippen LogP contribution in [-0.2, 0) is 44.8 Å². The topological polar surface area (TPSA) is 472 Å². The van der Waals surface area contributed by atoms with Gasteiger partial charge in [-0.3, -0.25) is 63.4 Å². The molecule has 472 valence electrons. The number of nitro benzene ring substituents is 2. The Morgan fingerprint density at radius 3 is 1.77 bits per heavy atom. The number of hydrogen-bond acceptors (Lipinski definition) is 18. The maximum atomic E-state index is 14.6. The number of carbonyl (C=O) groups is 9. The van der Waals surface area contributed by atoms with Crippen LogP contribution < -0.4 is 70.8 Å². The van der Waals surface area contributed by atoms with Gasteiger partial charge in [0.05, 0.1) is 34.1 Å². The van der Waals surface area contributed by atoms with E-state index < -0.39 is 123 Å². The highest BCUT2D eigenvalue weighted by Crippen LogP contribution is 2.29. The van der Waals surface area contributed by atoms with E-state index in [-0.39, 0.29) is 81.9 Å². The van der Waals surface area contributed by atoms with Crippen molar-refractivity contribution in [1.29, 1.82) is 0 Å². The highest BCUT2D eigenvalue weighted by atomic mass is 16.6. The number of phenolic OH excluding ortho intramolecular Hbond substituents is 1. The van der Waals surface area contributed by atoms with Crippen LogP contribution in [-0.4, -0.2) is 137 Å². The van der Waals surface area contributed by atoms with E-state index in [1.54, 1.807) is 64.1 Å². The number of non-ortho nitro benzene ring substituents is 1.